The second-order valence-corrected chi connectivity index (χ2v) is 10.9. The number of hydrogen-bond acceptors (Lipinski definition) is 5. The van der Waals surface area contributed by atoms with E-state index in [1.165, 1.54) is 0 Å². The van der Waals surface area contributed by atoms with Crippen LogP contribution in [0.1, 0.15) is 67.8 Å². The molecule has 2 aromatic rings. The van der Waals surface area contributed by atoms with E-state index in [9.17, 15) is 19.2 Å². The summed E-state index contributed by atoms with van der Waals surface area (Å²) in [5, 5.41) is 9.85. The van der Waals surface area contributed by atoms with Crippen LogP contribution in [0.3, 0.4) is 0 Å². The maximum atomic E-state index is 13.8. The average molecular weight is 508 g/mol. The van der Waals surface area contributed by atoms with Crippen molar-refractivity contribution in [2.24, 2.45) is 5.41 Å². The zero-order valence-corrected chi connectivity index (χ0v) is 22.0. The zero-order chi connectivity index (χ0) is 26.3. The van der Waals surface area contributed by atoms with Crippen molar-refractivity contribution in [2.75, 3.05) is 26.0 Å². The molecule has 3 atom stereocenters. The fraction of sp³-hybridized carbons (Fsp3) is 0.571. The summed E-state index contributed by atoms with van der Waals surface area (Å²) in [6, 6.07) is 3.45. The van der Waals surface area contributed by atoms with Crippen LogP contribution in [0.4, 0.5) is 5.69 Å². The molecule has 9 heteroatoms. The lowest BCUT2D eigenvalue weighted by Gasteiger charge is -2.26. The van der Waals surface area contributed by atoms with Crippen molar-refractivity contribution in [3.05, 3.63) is 29.5 Å². The fourth-order valence-corrected chi connectivity index (χ4v) is 6.45. The van der Waals surface area contributed by atoms with Gasteiger partial charge in [0.2, 0.25) is 17.7 Å². The summed E-state index contributed by atoms with van der Waals surface area (Å²) in [7, 11) is 3.45. The molecule has 0 radical (unpaired) electrons. The van der Waals surface area contributed by atoms with Gasteiger partial charge in [0, 0.05) is 61.4 Å². The maximum absolute atomic E-state index is 13.8. The van der Waals surface area contributed by atoms with Crippen LogP contribution in [0.2, 0.25) is 0 Å². The third-order valence-electron chi connectivity index (χ3n) is 8.52. The van der Waals surface area contributed by atoms with Gasteiger partial charge in [0.1, 0.15) is 12.6 Å². The van der Waals surface area contributed by atoms with Gasteiger partial charge in [-0.25, -0.2) is 0 Å². The van der Waals surface area contributed by atoms with Crippen LogP contribution in [0.5, 0.6) is 0 Å². The Morgan fingerprint density at radius 3 is 2.51 bits per heavy atom. The number of benzene rings is 1. The molecule has 0 unspecified atom stereocenters. The maximum Gasteiger partial charge on any atom is 0.243 e. The van der Waals surface area contributed by atoms with Crippen LogP contribution < -0.4 is 16.0 Å². The van der Waals surface area contributed by atoms with E-state index in [1.807, 2.05) is 17.7 Å². The highest BCUT2D eigenvalue weighted by Crippen LogP contribution is 2.59. The number of piperidine rings is 1. The summed E-state index contributed by atoms with van der Waals surface area (Å²) in [6.07, 6.45) is 8.20. The second-order valence-electron chi connectivity index (χ2n) is 10.9. The molecule has 3 aliphatic rings. The number of rotatable bonds is 3. The number of aryl methyl sites for hydroxylation is 1. The summed E-state index contributed by atoms with van der Waals surface area (Å²) >= 11 is 0. The molecule has 9 nitrogen and oxygen atoms in total. The minimum absolute atomic E-state index is 0.0427. The molecular formula is C28H37N5O4. The standard InChI is InChI=1S/C28H37N5O4/c1-17(34)21-14-32-15-25(36)33-22(27(37)30-3)12-28(13-23(28)33)16-31-24(35)9-7-5-4-6-8-18-10-19(29-2)11-20(21)26(18)32/h10-11,14,22-23,29H,4-9,12-13,15-16H2,1-3H3,(H,30,37)(H,31,35)/t22-,23+,28-/m0/s1. The number of carbonyl (C=O) groups excluding carboxylic acids is 4. The molecule has 0 spiro atoms. The quantitative estimate of drug-likeness (QED) is 0.553. The number of aromatic nitrogens is 1. The molecular weight excluding hydrogens is 470 g/mol. The number of amides is 3. The van der Waals surface area contributed by atoms with E-state index in [1.54, 1.807) is 25.1 Å². The third kappa shape index (κ3) is 4.60. The highest BCUT2D eigenvalue weighted by atomic mass is 16.2. The Balaban J connectivity index is 1.57. The normalized spacial score (nSPS) is 26.3. The van der Waals surface area contributed by atoms with Crippen molar-refractivity contribution >= 4 is 40.1 Å². The molecule has 1 aliphatic carbocycles. The fourth-order valence-electron chi connectivity index (χ4n) is 6.45. The lowest BCUT2D eigenvalue weighted by Crippen LogP contribution is -2.48. The van der Waals surface area contributed by atoms with E-state index in [2.05, 4.69) is 22.0 Å². The van der Waals surface area contributed by atoms with E-state index in [-0.39, 0.29) is 41.5 Å². The second kappa shape index (κ2) is 9.84. The Labute approximate surface area is 217 Å². The number of carbonyl (C=O) groups is 4. The van der Waals surface area contributed by atoms with Crippen LogP contribution in [0.25, 0.3) is 10.9 Å². The van der Waals surface area contributed by atoms with Crippen molar-refractivity contribution in [1.82, 2.24) is 20.1 Å². The minimum atomic E-state index is -0.559. The third-order valence-corrected chi connectivity index (χ3v) is 8.52. The molecule has 2 bridgehead atoms. The Morgan fingerprint density at radius 1 is 1.05 bits per heavy atom. The highest BCUT2D eigenvalue weighted by Gasteiger charge is 2.66. The summed E-state index contributed by atoms with van der Waals surface area (Å²) in [5.41, 5.74) is 3.29. The molecule has 3 amide bonds. The first kappa shape index (κ1) is 25.3. The van der Waals surface area contributed by atoms with Crippen molar-refractivity contribution < 1.29 is 19.2 Å². The molecule has 1 saturated carbocycles. The van der Waals surface area contributed by atoms with E-state index < -0.39 is 6.04 Å². The minimum Gasteiger partial charge on any atom is -0.388 e. The first-order valence-electron chi connectivity index (χ1n) is 13.4. The number of anilines is 1. The van der Waals surface area contributed by atoms with Gasteiger partial charge < -0.3 is 25.4 Å². The predicted molar refractivity (Wildman–Crippen MR) is 141 cm³/mol. The lowest BCUT2D eigenvalue weighted by molar-refractivity contribution is -0.140. The van der Waals surface area contributed by atoms with E-state index in [4.69, 9.17) is 0 Å². The molecule has 2 fully saturated rings. The first-order valence-corrected chi connectivity index (χ1v) is 13.4. The van der Waals surface area contributed by atoms with Gasteiger partial charge in [-0.3, -0.25) is 19.2 Å². The SMILES string of the molecule is CNC(=O)[C@@H]1C[C@]23CNC(=O)CCCCCCc4cc(NC)cc5c(C(C)=O)cn(c45)CC(=O)N1[C@@H]2C3. The Morgan fingerprint density at radius 2 is 1.81 bits per heavy atom. The van der Waals surface area contributed by atoms with Gasteiger partial charge in [-0.2, -0.15) is 0 Å². The largest absolute Gasteiger partial charge is 0.388 e. The van der Waals surface area contributed by atoms with Gasteiger partial charge in [-0.15, -0.1) is 0 Å². The Hall–Kier alpha value is -3.36. The molecule has 37 heavy (non-hydrogen) atoms. The van der Waals surface area contributed by atoms with Gasteiger partial charge in [0.25, 0.3) is 0 Å². The van der Waals surface area contributed by atoms with E-state index in [0.29, 0.717) is 24.9 Å². The average Bonchev–Trinajstić information content (AvgIpc) is 3.29. The molecule has 1 aromatic carbocycles. The molecule has 198 valence electrons. The topological polar surface area (TPSA) is 113 Å². The molecule has 3 heterocycles. The Kier molecular flexibility index (Phi) is 6.72. The van der Waals surface area contributed by atoms with Crippen LogP contribution in [0, 0.1) is 5.41 Å². The number of Topliss-reactive ketones (excluding diaryl/α,β-unsaturated/α-hetero) is 1. The monoisotopic (exact) mass is 507 g/mol. The summed E-state index contributed by atoms with van der Waals surface area (Å²) in [5.74, 6) is -0.313. The predicted octanol–water partition coefficient (Wildman–Crippen LogP) is 2.61. The summed E-state index contributed by atoms with van der Waals surface area (Å²) < 4.78 is 1.91. The molecule has 5 rings (SSSR count). The first-order chi connectivity index (χ1) is 17.8. The van der Waals surface area contributed by atoms with Crippen molar-refractivity contribution in [2.45, 2.75) is 76.9 Å². The molecule has 1 aromatic heterocycles. The van der Waals surface area contributed by atoms with Crippen LogP contribution in [-0.4, -0.2) is 65.7 Å². The van der Waals surface area contributed by atoms with Crippen molar-refractivity contribution in [3.8, 4) is 0 Å². The molecule has 3 N–H and O–H groups in total. The lowest BCUT2D eigenvalue weighted by atomic mass is 9.98. The van der Waals surface area contributed by atoms with Gasteiger partial charge in [0.15, 0.2) is 5.78 Å². The number of likely N-dealkylation sites (N-methyl/N-ethyl adjacent to an activating group) is 1. The van der Waals surface area contributed by atoms with Crippen molar-refractivity contribution in [3.63, 3.8) is 0 Å². The van der Waals surface area contributed by atoms with Crippen LogP contribution >= 0.6 is 0 Å². The Bertz CT molecular complexity index is 1270. The van der Waals surface area contributed by atoms with Crippen LogP contribution in [0.15, 0.2) is 18.3 Å². The number of hydrogen-bond donors (Lipinski definition) is 3. The molecule has 1 saturated heterocycles. The highest BCUT2D eigenvalue weighted by molar-refractivity contribution is 6.09. The molecule has 2 aliphatic heterocycles. The zero-order valence-electron chi connectivity index (χ0n) is 22.0. The number of nitrogens with one attached hydrogen (secondary N) is 3. The summed E-state index contributed by atoms with van der Waals surface area (Å²) in [4.78, 5) is 53.5. The van der Waals surface area contributed by atoms with Gasteiger partial charge in [0.05, 0.1) is 5.52 Å². The van der Waals surface area contributed by atoms with E-state index >= 15 is 0 Å². The smallest absolute Gasteiger partial charge is 0.243 e. The van der Waals surface area contributed by atoms with Gasteiger partial charge >= 0.3 is 0 Å². The van der Waals surface area contributed by atoms with Gasteiger partial charge in [-0.1, -0.05) is 12.8 Å². The van der Waals surface area contributed by atoms with E-state index in [0.717, 1.165) is 60.7 Å². The summed E-state index contributed by atoms with van der Waals surface area (Å²) in [6.45, 7) is 2.10. The number of ketones is 1. The number of nitrogens with zero attached hydrogens (tertiary/aromatic N) is 2. The van der Waals surface area contributed by atoms with Gasteiger partial charge in [-0.05, 0) is 56.7 Å². The van der Waals surface area contributed by atoms with Crippen LogP contribution in [-0.2, 0) is 27.3 Å². The van der Waals surface area contributed by atoms with Crippen molar-refractivity contribution in [1.29, 1.82) is 0 Å².